The minimum atomic E-state index is -0.742. The number of aryl methyl sites for hydroxylation is 1. The van der Waals surface area contributed by atoms with Gasteiger partial charge in [0.2, 0.25) is 0 Å². The van der Waals surface area contributed by atoms with Crippen molar-refractivity contribution in [2.24, 2.45) is 0 Å². The van der Waals surface area contributed by atoms with Gasteiger partial charge in [-0.15, -0.1) is 0 Å². The maximum Gasteiger partial charge on any atom is 0.315 e. The molecule has 0 aromatic heterocycles. The predicted molar refractivity (Wildman–Crippen MR) is 87.6 cm³/mol. The molecule has 1 aromatic rings. The third-order valence-electron chi connectivity index (χ3n) is 3.85. The number of carbonyl (C=O) groups excluding carboxylic acids is 1. The molecular weight excluding hydrogens is 284 g/mol. The van der Waals surface area contributed by atoms with E-state index >= 15 is 0 Å². The minimum absolute atomic E-state index is 0.00167. The molecule has 116 valence electrons. The lowest BCUT2D eigenvalue weighted by Crippen LogP contribution is -2.47. The smallest absolute Gasteiger partial charge is 0.315 e. The lowest BCUT2D eigenvalue weighted by molar-refractivity contribution is 0.0698. The summed E-state index contributed by atoms with van der Waals surface area (Å²) in [6.45, 7) is 4.41. The number of nitrogens with one attached hydrogen (secondary N) is 2. The molecular formula is C16H24N2O2S. The Bertz CT molecular complexity index is 470. The Kier molecular flexibility index (Phi) is 5.53. The molecule has 3 N–H and O–H groups in total. The fourth-order valence-electron chi connectivity index (χ4n) is 2.41. The summed E-state index contributed by atoms with van der Waals surface area (Å²) < 4.78 is 0. The van der Waals surface area contributed by atoms with E-state index in [9.17, 15) is 9.90 Å². The maximum absolute atomic E-state index is 12.0. The Balaban J connectivity index is 1.86. The van der Waals surface area contributed by atoms with Gasteiger partial charge < -0.3 is 15.7 Å². The van der Waals surface area contributed by atoms with E-state index in [4.69, 9.17) is 0 Å². The van der Waals surface area contributed by atoms with Gasteiger partial charge in [-0.2, -0.15) is 11.8 Å². The molecule has 21 heavy (non-hydrogen) atoms. The van der Waals surface area contributed by atoms with Gasteiger partial charge in [0.05, 0.1) is 11.6 Å². The first kappa shape index (κ1) is 16.2. The molecule has 0 spiro atoms. The molecule has 2 unspecified atom stereocenters. The topological polar surface area (TPSA) is 61.4 Å². The number of hydrogen-bond acceptors (Lipinski definition) is 3. The van der Waals surface area contributed by atoms with Gasteiger partial charge in [0.15, 0.2) is 0 Å². The number of benzene rings is 1. The fraction of sp³-hybridized carbons (Fsp3) is 0.562. The summed E-state index contributed by atoms with van der Waals surface area (Å²) >= 11 is 1.73. The summed E-state index contributed by atoms with van der Waals surface area (Å²) in [7, 11) is 0. The third-order valence-corrected chi connectivity index (χ3v) is 5.09. The van der Waals surface area contributed by atoms with Crippen LogP contribution < -0.4 is 10.6 Å². The van der Waals surface area contributed by atoms with Crippen LogP contribution in [0.5, 0.6) is 0 Å². The molecule has 5 heteroatoms. The summed E-state index contributed by atoms with van der Waals surface area (Å²) in [5.41, 5.74) is 1.57. The van der Waals surface area contributed by atoms with Crippen LogP contribution in [0.4, 0.5) is 4.79 Å². The van der Waals surface area contributed by atoms with Gasteiger partial charge in [-0.3, -0.25) is 0 Å². The third kappa shape index (κ3) is 4.64. The van der Waals surface area contributed by atoms with Crippen molar-refractivity contribution in [3.8, 4) is 0 Å². The lowest BCUT2D eigenvalue weighted by atomic mass is 10.0. The van der Waals surface area contributed by atoms with E-state index in [-0.39, 0.29) is 12.1 Å². The second-order valence-electron chi connectivity index (χ2n) is 5.73. The molecule has 1 saturated heterocycles. The molecule has 2 rings (SSSR count). The Morgan fingerprint density at radius 2 is 2.14 bits per heavy atom. The number of rotatable bonds is 5. The Hall–Kier alpha value is -1.20. The SMILES string of the molecule is CCC(NC(=O)NCC1(O)CCSC1)c1ccc(C)cc1. The maximum atomic E-state index is 12.0. The Labute approximate surface area is 130 Å². The van der Waals surface area contributed by atoms with Crippen LogP contribution in [0.1, 0.15) is 36.9 Å². The fourth-order valence-corrected chi connectivity index (χ4v) is 3.70. The normalized spacial score (nSPS) is 22.8. The van der Waals surface area contributed by atoms with E-state index in [1.54, 1.807) is 11.8 Å². The highest BCUT2D eigenvalue weighted by Gasteiger charge is 2.32. The standard InChI is InChI=1S/C16H24N2O2S/c1-3-14(13-6-4-12(2)5-7-13)18-15(19)17-10-16(20)8-9-21-11-16/h4-7,14,20H,3,8-11H2,1-2H3,(H2,17,18,19). The monoisotopic (exact) mass is 308 g/mol. The first-order chi connectivity index (χ1) is 10.0. The summed E-state index contributed by atoms with van der Waals surface area (Å²) in [5.74, 6) is 1.66. The van der Waals surface area contributed by atoms with Crippen molar-refractivity contribution in [3.05, 3.63) is 35.4 Å². The molecule has 1 aliphatic heterocycles. The van der Waals surface area contributed by atoms with E-state index in [0.717, 1.165) is 24.2 Å². The number of carbonyl (C=O) groups is 1. The number of urea groups is 1. The van der Waals surface area contributed by atoms with Crippen LogP contribution >= 0.6 is 11.8 Å². The van der Waals surface area contributed by atoms with Gasteiger partial charge in [0.25, 0.3) is 0 Å². The number of thioether (sulfide) groups is 1. The second kappa shape index (κ2) is 7.18. The summed E-state index contributed by atoms with van der Waals surface area (Å²) in [4.78, 5) is 12.0. The van der Waals surface area contributed by atoms with Crippen molar-refractivity contribution < 1.29 is 9.90 Å². The Morgan fingerprint density at radius 1 is 1.43 bits per heavy atom. The quantitative estimate of drug-likeness (QED) is 0.783. The van der Waals surface area contributed by atoms with Crippen molar-refractivity contribution in [2.75, 3.05) is 18.1 Å². The van der Waals surface area contributed by atoms with Gasteiger partial charge in [-0.25, -0.2) is 4.79 Å². The van der Waals surface area contributed by atoms with Gasteiger partial charge in [0.1, 0.15) is 0 Å². The van der Waals surface area contributed by atoms with Crippen LogP contribution in [0.15, 0.2) is 24.3 Å². The first-order valence-electron chi connectivity index (χ1n) is 7.43. The van der Waals surface area contributed by atoms with Gasteiger partial charge in [0, 0.05) is 12.3 Å². The van der Waals surface area contributed by atoms with Gasteiger partial charge >= 0.3 is 6.03 Å². The summed E-state index contributed by atoms with van der Waals surface area (Å²) in [6.07, 6.45) is 1.57. The van der Waals surface area contributed by atoms with Crippen molar-refractivity contribution >= 4 is 17.8 Å². The molecule has 0 bridgehead atoms. The van der Waals surface area contributed by atoms with E-state index in [1.807, 2.05) is 26.0 Å². The van der Waals surface area contributed by atoms with Crippen LogP contribution in [0.25, 0.3) is 0 Å². The highest BCUT2D eigenvalue weighted by molar-refractivity contribution is 7.99. The van der Waals surface area contributed by atoms with E-state index < -0.39 is 5.60 Å². The molecule has 0 radical (unpaired) electrons. The van der Waals surface area contributed by atoms with Crippen molar-refractivity contribution in [3.63, 3.8) is 0 Å². The molecule has 0 saturated carbocycles. The van der Waals surface area contributed by atoms with Crippen LogP contribution in [-0.2, 0) is 0 Å². The zero-order chi connectivity index (χ0) is 15.3. The molecule has 1 fully saturated rings. The van der Waals surface area contributed by atoms with Crippen molar-refractivity contribution in [2.45, 2.75) is 38.3 Å². The van der Waals surface area contributed by atoms with Crippen LogP contribution in [-0.4, -0.2) is 34.8 Å². The number of aliphatic hydroxyl groups is 1. The molecule has 4 nitrogen and oxygen atoms in total. The van der Waals surface area contributed by atoms with E-state index in [0.29, 0.717) is 12.3 Å². The summed E-state index contributed by atoms with van der Waals surface area (Å²) in [5, 5.41) is 16.0. The highest BCUT2D eigenvalue weighted by Crippen LogP contribution is 2.27. The molecule has 1 aromatic carbocycles. The zero-order valence-electron chi connectivity index (χ0n) is 12.7. The molecule has 2 atom stereocenters. The van der Waals surface area contributed by atoms with Crippen molar-refractivity contribution in [1.29, 1.82) is 0 Å². The summed E-state index contributed by atoms with van der Waals surface area (Å²) in [6, 6.07) is 7.98. The zero-order valence-corrected chi connectivity index (χ0v) is 13.5. The van der Waals surface area contributed by atoms with Gasteiger partial charge in [-0.1, -0.05) is 36.8 Å². The van der Waals surface area contributed by atoms with Crippen LogP contribution in [0.3, 0.4) is 0 Å². The minimum Gasteiger partial charge on any atom is -0.387 e. The molecule has 2 amide bonds. The van der Waals surface area contributed by atoms with E-state index in [2.05, 4.69) is 22.8 Å². The number of amides is 2. The van der Waals surface area contributed by atoms with Crippen molar-refractivity contribution in [1.82, 2.24) is 10.6 Å². The predicted octanol–water partition coefficient (Wildman–Crippen LogP) is 2.61. The largest absolute Gasteiger partial charge is 0.387 e. The molecule has 1 heterocycles. The van der Waals surface area contributed by atoms with Gasteiger partial charge in [-0.05, 0) is 31.1 Å². The van der Waals surface area contributed by atoms with Crippen LogP contribution in [0, 0.1) is 6.92 Å². The highest BCUT2D eigenvalue weighted by atomic mass is 32.2. The lowest BCUT2D eigenvalue weighted by Gasteiger charge is -2.23. The number of hydrogen-bond donors (Lipinski definition) is 3. The molecule has 0 aliphatic carbocycles. The molecule has 1 aliphatic rings. The van der Waals surface area contributed by atoms with E-state index in [1.165, 1.54) is 5.56 Å². The Morgan fingerprint density at radius 3 is 2.71 bits per heavy atom. The average Bonchev–Trinajstić information content (AvgIpc) is 2.91. The second-order valence-corrected chi connectivity index (χ2v) is 6.83. The van der Waals surface area contributed by atoms with Crippen LogP contribution in [0.2, 0.25) is 0 Å². The average molecular weight is 308 g/mol. The first-order valence-corrected chi connectivity index (χ1v) is 8.59.